The molecule has 0 aromatic rings. The molecule has 4 unspecified atom stereocenters. The Labute approximate surface area is 149 Å². The van der Waals surface area contributed by atoms with Crippen molar-refractivity contribution in [3.8, 4) is 0 Å². The third-order valence-corrected chi connectivity index (χ3v) is 6.08. The summed E-state index contributed by atoms with van der Waals surface area (Å²) >= 11 is 0. The highest BCUT2D eigenvalue weighted by atomic mass is 14.4. The quantitative estimate of drug-likeness (QED) is 0.316. The molecule has 0 fully saturated rings. The van der Waals surface area contributed by atoms with Gasteiger partial charge in [-0.15, -0.1) is 0 Å². The van der Waals surface area contributed by atoms with E-state index in [2.05, 4.69) is 62.3 Å². The van der Waals surface area contributed by atoms with E-state index >= 15 is 0 Å². The monoisotopic (exact) mass is 324 g/mol. The first-order chi connectivity index (χ1) is 10.6. The third kappa shape index (κ3) is 9.16. The van der Waals surface area contributed by atoms with Gasteiger partial charge in [-0.25, -0.2) is 0 Å². The predicted octanol–water partition coefficient (Wildman–Crippen LogP) is 8.35. The maximum Gasteiger partial charge on any atom is -0.0311 e. The minimum absolute atomic E-state index is 0.429. The summed E-state index contributed by atoms with van der Waals surface area (Å²) in [4.78, 5) is 0. The Balaban J connectivity index is 4.70. The van der Waals surface area contributed by atoms with Crippen LogP contribution in [0.1, 0.15) is 114 Å². The molecule has 0 spiro atoms. The Hall–Kier alpha value is 0. The van der Waals surface area contributed by atoms with Crippen LogP contribution < -0.4 is 0 Å². The molecule has 0 heteroatoms. The first-order valence-corrected chi connectivity index (χ1v) is 10.6. The van der Waals surface area contributed by atoms with Gasteiger partial charge in [0.25, 0.3) is 0 Å². The third-order valence-electron chi connectivity index (χ3n) is 6.08. The van der Waals surface area contributed by atoms with Gasteiger partial charge in [-0.2, -0.15) is 0 Å². The van der Waals surface area contributed by atoms with E-state index in [1.807, 2.05) is 0 Å². The first-order valence-electron chi connectivity index (χ1n) is 10.6. The van der Waals surface area contributed by atoms with Crippen LogP contribution in [0.15, 0.2) is 0 Å². The molecular formula is C23H48. The van der Waals surface area contributed by atoms with E-state index < -0.39 is 0 Å². The topological polar surface area (TPSA) is 0 Å². The number of unbranched alkanes of at least 4 members (excludes halogenated alkanes) is 2. The molecule has 0 aliphatic heterocycles. The molecule has 0 aromatic carbocycles. The average Bonchev–Trinajstić information content (AvgIpc) is 2.43. The molecule has 0 aromatic heterocycles. The van der Waals surface area contributed by atoms with Crippen molar-refractivity contribution in [3.63, 3.8) is 0 Å². The van der Waals surface area contributed by atoms with Crippen molar-refractivity contribution in [2.24, 2.45) is 35.0 Å². The Morgan fingerprint density at radius 3 is 1.74 bits per heavy atom. The molecule has 0 rings (SSSR count). The van der Waals surface area contributed by atoms with Crippen LogP contribution >= 0.6 is 0 Å². The molecule has 0 aliphatic carbocycles. The van der Waals surface area contributed by atoms with Crippen molar-refractivity contribution in [3.05, 3.63) is 0 Å². The molecule has 0 saturated carbocycles. The van der Waals surface area contributed by atoms with E-state index in [-0.39, 0.29) is 0 Å². The average molecular weight is 325 g/mol. The summed E-state index contributed by atoms with van der Waals surface area (Å²) in [7, 11) is 0. The van der Waals surface area contributed by atoms with Gasteiger partial charge in [0.1, 0.15) is 0 Å². The Morgan fingerprint density at radius 1 is 0.739 bits per heavy atom. The second kappa shape index (κ2) is 11.5. The lowest BCUT2D eigenvalue weighted by atomic mass is 9.62. The summed E-state index contributed by atoms with van der Waals surface area (Å²) in [5.74, 6) is 4.34. The largest absolute Gasteiger partial charge is 0.0654 e. The molecule has 0 nitrogen and oxygen atoms in total. The molecule has 4 atom stereocenters. The fourth-order valence-electron chi connectivity index (χ4n) is 4.88. The zero-order valence-corrected chi connectivity index (χ0v) is 18.0. The SMILES string of the molecule is CCCC(CCCCCC(C)C)C(C)C(C(C)CC)C(C)(C)C. The van der Waals surface area contributed by atoms with Crippen molar-refractivity contribution < 1.29 is 0 Å². The van der Waals surface area contributed by atoms with Crippen LogP contribution in [0.3, 0.4) is 0 Å². The van der Waals surface area contributed by atoms with Gasteiger partial charge in [0, 0.05) is 0 Å². The van der Waals surface area contributed by atoms with Crippen LogP contribution in [-0.2, 0) is 0 Å². The Bertz CT molecular complexity index is 270. The van der Waals surface area contributed by atoms with Crippen LogP contribution in [0.4, 0.5) is 0 Å². The highest BCUT2D eigenvalue weighted by Gasteiger charge is 2.36. The van der Waals surface area contributed by atoms with Crippen molar-refractivity contribution in [2.45, 2.75) is 114 Å². The number of hydrogen-bond donors (Lipinski definition) is 0. The zero-order chi connectivity index (χ0) is 18.0. The van der Waals surface area contributed by atoms with Gasteiger partial charge in [-0.05, 0) is 35.0 Å². The van der Waals surface area contributed by atoms with Crippen molar-refractivity contribution in [2.75, 3.05) is 0 Å². The molecule has 0 heterocycles. The lowest BCUT2D eigenvalue weighted by Gasteiger charge is -2.43. The van der Waals surface area contributed by atoms with Crippen LogP contribution in [0.25, 0.3) is 0 Å². The van der Waals surface area contributed by atoms with Crippen LogP contribution in [0.2, 0.25) is 0 Å². The summed E-state index contributed by atoms with van der Waals surface area (Å²) in [6, 6.07) is 0. The Morgan fingerprint density at radius 2 is 1.30 bits per heavy atom. The number of hydrogen-bond acceptors (Lipinski definition) is 0. The van der Waals surface area contributed by atoms with Gasteiger partial charge in [0.15, 0.2) is 0 Å². The second-order valence-electron chi connectivity index (χ2n) is 9.72. The van der Waals surface area contributed by atoms with Gasteiger partial charge in [0.05, 0.1) is 0 Å². The summed E-state index contributed by atoms with van der Waals surface area (Å²) < 4.78 is 0. The fourth-order valence-corrected chi connectivity index (χ4v) is 4.88. The maximum atomic E-state index is 2.57. The summed E-state index contributed by atoms with van der Waals surface area (Å²) in [6.45, 7) is 21.9. The summed E-state index contributed by atoms with van der Waals surface area (Å²) in [5.41, 5.74) is 0.429. The van der Waals surface area contributed by atoms with E-state index in [0.29, 0.717) is 5.41 Å². The highest BCUT2D eigenvalue weighted by molar-refractivity contribution is 4.85. The molecule has 0 amide bonds. The minimum Gasteiger partial charge on any atom is -0.0654 e. The van der Waals surface area contributed by atoms with E-state index in [0.717, 1.165) is 29.6 Å². The highest BCUT2D eigenvalue weighted by Crippen LogP contribution is 2.44. The van der Waals surface area contributed by atoms with Crippen LogP contribution in [0.5, 0.6) is 0 Å². The van der Waals surface area contributed by atoms with Crippen LogP contribution in [0, 0.1) is 35.0 Å². The molecule has 0 N–H and O–H groups in total. The van der Waals surface area contributed by atoms with Gasteiger partial charge in [-0.1, -0.05) is 114 Å². The van der Waals surface area contributed by atoms with Crippen molar-refractivity contribution in [1.82, 2.24) is 0 Å². The number of rotatable bonds is 12. The van der Waals surface area contributed by atoms with Gasteiger partial charge < -0.3 is 0 Å². The van der Waals surface area contributed by atoms with Gasteiger partial charge in [-0.3, -0.25) is 0 Å². The van der Waals surface area contributed by atoms with E-state index in [9.17, 15) is 0 Å². The molecule has 0 aliphatic rings. The lowest BCUT2D eigenvalue weighted by molar-refractivity contribution is 0.0613. The van der Waals surface area contributed by atoms with Crippen LogP contribution in [-0.4, -0.2) is 0 Å². The maximum absolute atomic E-state index is 2.57. The molecule has 0 saturated heterocycles. The first kappa shape index (κ1) is 23.0. The second-order valence-corrected chi connectivity index (χ2v) is 9.72. The normalized spacial score (nSPS) is 18.0. The lowest BCUT2D eigenvalue weighted by Crippen LogP contribution is -2.36. The fraction of sp³-hybridized carbons (Fsp3) is 1.00. The van der Waals surface area contributed by atoms with Crippen molar-refractivity contribution in [1.29, 1.82) is 0 Å². The van der Waals surface area contributed by atoms with E-state index in [1.54, 1.807) is 0 Å². The Kier molecular flexibility index (Phi) is 11.5. The summed E-state index contributed by atoms with van der Waals surface area (Å²) in [5, 5.41) is 0. The van der Waals surface area contributed by atoms with Crippen molar-refractivity contribution >= 4 is 0 Å². The standard InChI is InChI=1S/C23H48/c1-10-15-21(17-14-12-13-16-18(3)4)20(6)22(19(5)11-2)23(7,8)9/h18-22H,10-17H2,1-9H3. The molecule has 23 heavy (non-hydrogen) atoms. The van der Waals surface area contributed by atoms with E-state index in [4.69, 9.17) is 0 Å². The van der Waals surface area contributed by atoms with Gasteiger partial charge in [0.2, 0.25) is 0 Å². The predicted molar refractivity (Wildman–Crippen MR) is 108 cm³/mol. The molecule has 0 bridgehead atoms. The van der Waals surface area contributed by atoms with Gasteiger partial charge >= 0.3 is 0 Å². The van der Waals surface area contributed by atoms with E-state index in [1.165, 1.54) is 51.4 Å². The zero-order valence-electron chi connectivity index (χ0n) is 18.0. The minimum atomic E-state index is 0.429. The summed E-state index contributed by atoms with van der Waals surface area (Å²) in [6.07, 6.45) is 11.3. The smallest absolute Gasteiger partial charge is 0.0311 e. The molecular weight excluding hydrogens is 276 g/mol. The molecule has 0 radical (unpaired) electrons. The molecule has 140 valence electrons.